The molecular weight excluding hydrogens is 148 g/mol. The molecule has 0 amide bonds. The van der Waals surface area contributed by atoms with Crippen molar-refractivity contribution in [3.8, 4) is 0 Å². The van der Waals surface area contributed by atoms with Crippen molar-refractivity contribution in [1.29, 1.82) is 0 Å². The summed E-state index contributed by atoms with van der Waals surface area (Å²) in [7, 11) is 0. The largest absolute Gasteiger partial charge is 0.412 e. The quantitative estimate of drug-likeness (QED) is 0.347. The monoisotopic (exact) mass is 151 g/mol. The van der Waals surface area contributed by atoms with Gasteiger partial charge in [0.15, 0.2) is 0 Å². The molecule has 4 N–H and O–H groups in total. The van der Waals surface area contributed by atoms with Crippen LogP contribution < -0.4 is 0 Å². The molecule has 0 saturated carbocycles. The van der Waals surface area contributed by atoms with E-state index in [0.717, 1.165) is 0 Å². The molecule has 0 aromatic carbocycles. The first-order valence-electron chi connectivity index (χ1n) is 0. The molecule has 0 heterocycles. The van der Waals surface area contributed by atoms with E-state index in [-0.39, 0.29) is 62.0 Å². The molecule has 0 aliphatic rings. The van der Waals surface area contributed by atoms with E-state index in [4.69, 9.17) is 0 Å². The van der Waals surface area contributed by atoms with E-state index < -0.39 is 0 Å². The maximum Gasteiger partial charge on any atom is 0 e. The van der Waals surface area contributed by atoms with E-state index in [9.17, 15) is 0 Å². The summed E-state index contributed by atoms with van der Waals surface area (Å²) < 4.78 is 0. The van der Waals surface area contributed by atoms with Crippen LogP contribution in [-0.2, 0) is 17.1 Å². The van der Waals surface area contributed by atoms with Gasteiger partial charge in [-0.25, -0.2) is 0 Å². The first-order chi connectivity index (χ1) is 0. The van der Waals surface area contributed by atoms with Crippen LogP contribution in [0.3, 0.4) is 0 Å². The molecule has 0 aromatic rings. The summed E-state index contributed by atoms with van der Waals surface area (Å²) in [6.07, 6.45) is 0. The molecule has 0 rings (SSSR count). The zero-order chi connectivity index (χ0) is 0. The van der Waals surface area contributed by atoms with Crippen LogP contribution in [0.4, 0.5) is 0 Å². The third-order valence-corrected chi connectivity index (χ3v) is 0. The van der Waals surface area contributed by atoms with Crippen LogP contribution in [-0.4, -0.2) is 45.0 Å². The Morgan fingerprint density at radius 1 is 0.800 bits per heavy atom. The van der Waals surface area contributed by atoms with Crippen molar-refractivity contribution in [2.45, 2.75) is 0 Å². The maximum absolute atomic E-state index is 0. The minimum absolute atomic E-state index is 0. The first kappa shape index (κ1) is 93.3. The second-order valence-corrected chi connectivity index (χ2v) is 0. The fourth-order valence-electron chi connectivity index (χ4n) is 0. The summed E-state index contributed by atoms with van der Waals surface area (Å²) >= 11 is 0. The zero-order valence-corrected chi connectivity index (χ0v) is 5.86. The molecule has 0 unspecified atom stereocenters. The standard InChI is InChI=1S/Cu.Mg.2H2O.Si/h;;2*1H2;. The smallest absolute Gasteiger partial charge is 0 e. The molecule has 7 radical (unpaired) electrons. The van der Waals surface area contributed by atoms with Gasteiger partial charge in [0, 0.05) is 51.1 Å². The van der Waals surface area contributed by atoms with Crippen molar-refractivity contribution < 1.29 is 28.0 Å². The Morgan fingerprint density at radius 3 is 0.800 bits per heavy atom. The third kappa shape index (κ3) is 31.4. The van der Waals surface area contributed by atoms with Crippen LogP contribution in [0.15, 0.2) is 0 Å². The van der Waals surface area contributed by atoms with Crippen LogP contribution in [0.2, 0.25) is 0 Å². The molecule has 0 saturated heterocycles. The van der Waals surface area contributed by atoms with Crippen LogP contribution in [0, 0.1) is 0 Å². The van der Waals surface area contributed by atoms with E-state index in [1.807, 2.05) is 0 Å². The summed E-state index contributed by atoms with van der Waals surface area (Å²) in [6, 6.07) is 0. The molecular formula is H4CuMgO2Si. The van der Waals surface area contributed by atoms with Crippen LogP contribution >= 0.6 is 0 Å². The van der Waals surface area contributed by atoms with Crippen molar-refractivity contribution >= 4 is 34.0 Å². The Hall–Kier alpha value is 1.42. The van der Waals surface area contributed by atoms with Crippen molar-refractivity contribution in [2.75, 3.05) is 0 Å². The summed E-state index contributed by atoms with van der Waals surface area (Å²) in [5.74, 6) is 0. The van der Waals surface area contributed by atoms with Crippen molar-refractivity contribution in [3.63, 3.8) is 0 Å². The molecule has 0 spiro atoms. The second kappa shape index (κ2) is 52.4. The van der Waals surface area contributed by atoms with Gasteiger partial charge in [0.2, 0.25) is 0 Å². The average molecular weight is 152 g/mol. The van der Waals surface area contributed by atoms with Gasteiger partial charge >= 0.3 is 0 Å². The van der Waals surface area contributed by atoms with Crippen molar-refractivity contribution in [1.82, 2.24) is 0 Å². The van der Waals surface area contributed by atoms with Crippen molar-refractivity contribution in [3.05, 3.63) is 0 Å². The van der Waals surface area contributed by atoms with E-state index in [1.54, 1.807) is 0 Å². The number of hydrogen-bond acceptors (Lipinski definition) is 0. The molecule has 2 nitrogen and oxygen atoms in total. The number of rotatable bonds is 0. The van der Waals surface area contributed by atoms with Crippen LogP contribution in [0.5, 0.6) is 0 Å². The number of hydrogen-bond donors (Lipinski definition) is 0. The van der Waals surface area contributed by atoms with E-state index in [0.29, 0.717) is 0 Å². The molecule has 0 aliphatic carbocycles. The Labute approximate surface area is 62.0 Å². The molecule has 0 aliphatic heterocycles. The predicted molar refractivity (Wildman–Crippen MR) is 18.7 cm³/mol. The molecule has 5 heteroatoms. The average Bonchev–Trinajstić information content (AvgIpc) is 0. The van der Waals surface area contributed by atoms with Gasteiger partial charge in [-0.1, -0.05) is 0 Å². The van der Waals surface area contributed by atoms with E-state index in [1.165, 1.54) is 0 Å². The predicted octanol–water partition coefficient (Wildman–Crippen LogP) is -2.41. The van der Waals surface area contributed by atoms with Gasteiger partial charge in [-0.2, -0.15) is 0 Å². The summed E-state index contributed by atoms with van der Waals surface area (Å²) in [5, 5.41) is 0. The molecule has 0 atom stereocenters. The van der Waals surface area contributed by atoms with Gasteiger partial charge in [-0.15, -0.1) is 0 Å². The van der Waals surface area contributed by atoms with Gasteiger partial charge in [-0.3, -0.25) is 0 Å². The molecule has 5 heavy (non-hydrogen) atoms. The zero-order valence-electron chi connectivity index (χ0n) is 2.51. The Balaban J connectivity index is 0. The fraction of sp³-hybridized carbons (Fsp3) is 0. The molecule has 33 valence electrons. The van der Waals surface area contributed by atoms with Gasteiger partial charge < -0.3 is 11.0 Å². The molecule has 0 fully saturated rings. The summed E-state index contributed by atoms with van der Waals surface area (Å²) in [6.45, 7) is 0. The fourth-order valence-corrected chi connectivity index (χ4v) is 0. The van der Waals surface area contributed by atoms with E-state index >= 15 is 0 Å². The second-order valence-electron chi connectivity index (χ2n) is 0. The minimum Gasteiger partial charge on any atom is -0.412 e. The van der Waals surface area contributed by atoms with Crippen LogP contribution in [0.1, 0.15) is 0 Å². The SMILES string of the molecule is O.O.[Cu].[Mg].[Si]. The maximum atomic E-state index is 0. The molecule has 0 aromatic heterocycles. The van der Waals surface area contributed by atoms with Gasteiger partial charge in [-0.05, 0) is 0 Å². The summed E-state index contributed by atoms with van der Waals surface area (Å²) in [5.41, 5.74) is 0. The Kier molecular flexibility index (Phi) is 978. The molecule has 0 bridgehead atoms. The van der Waals surface area contributed by atoms with Gasteiger partial charge in [0.05, 0.1) is 0 Å². The minimum atomic E-state index is 0. The Morgan fingerprint density at radius 2 is 0.800 bits per heavy atom. The van der Waals surface area contributed by atoms with Gasteiger partial charge in [0.1, 0.15) is 0 Å². The first-order valence-corrected chi connectivity index (χ1v) is 0. The topological polar surface area (TPSA) is 63.0 Å². The third-order valence-electron chi connectivity index (χ3n) is 0. The van der Waals surface area contributed by atoms with E-state index in [2.05, 4.69) is 0 Å². The normalized spacial score (nSPS) is 0. The van der Waals surface area contributed by atoms with Crippen LogP contribution in [0.25, 0.3) is 0 Å². The summed E-state index contributed by atoms with van der Waals surface area (Å²) in [4.78, 5) is 0. The Bertz CT molecular complexity index is 9.61. The van der Waals surface area contributed by atoms with Gasteiger partial charge in [0.25, 0.3) is 0 Å². The van der Waals surface area contributed by atoms with Crippen molar-refractivity contribution in [2.24, 2.45) is 0 Å².